The molecule has 0 atom stereocenters. The predicted molar refractivity (Wildman–Crippen MR) is 80.0 cm³/mol. The molecule has 21 heavy (non-hydrogen) atoms. The van der Waals surface area contributed by atoms with E-state index in [2.05, 4.69) is 9.97 Å². The summed E-state index contributed by atoms with van der Waals surface area (Å²) in [5.74, 6) is 0.431. The highest BCUT2D eigenvalue weighted by Gasteiger charge is 2.16. The molecule has 0 aliphatic heterocycles. The molecular formula is C16H11N3O2. The van der Waals surface area contributed by atoms with Crippen molar-refractivity contribution < 1.29 is 4.42 Å². The van der Waals surface area contributed by atoms with E-state index in [1.165, 1.54) is 0 Å². The summed E-state index contributed by atoms with van der Waals surface area (Å²) in [4.78, 5) is 21.1. The van der Waals surface area contributed by atoms with Crippen molar-refractivity contribution in [1.29, 1.82) is 0 Å². The highest BCUT2D eigenvalue weighted by atomic mass is 16.3. The van der Waals surface area contributed by atoms with Crippen LogP contribution in [0.4, 0.5) is 0 Å². The minimum atomic E-state index is -0.184. The van der Waals surface area contributed by atoms with Crippen LogP contribution in [0.5, 0.6) is 0 Å². The lowest BCUT2D eigenvalue weighted by atomic mass is 10.2. The molecule has 0 aliphatic carbocycles. The van der Waals surface area contributed by atoms with Gasteiger partial charge in [0.25, 0.3) is 5.56 Å². The van der Waals surface area contributed by atoms with Gasteiger partial charge in [0.15, 0.2) is 11.1 Å². The quantitative estimate of drug-likeness (QED) is 0.536. The summed E-state index contributed by atoms with van der Waals surface area (Å²) < 4.78 is 7.36. The maximum Gasteiger partial charge on any atom is 0.280 e. The van der Waals surface area contributed by atoms with Crippen LogP contribution in [-0.4, -0.2) is 14.5 Å². The van der Waals surface area contributed by atoms with Crippen molar-refractivity contribution in [2.24, 2.45) is 7.05 Å². The van der Waals surface area contributed by atoms with Gasteiger partial charge >= 0.3 is 0 Å². The van der Waals surface area contributed by atoms with E-state index >= 15 is 0 Å². The fraction of sp³-hybridized carbons (Fsp3) is 0.0625. The van der Waals surface area contributed by atoms with Crippen molar-refractivity contribution in [1.82, 2.24) is 14.5 Å². The van der Waals surface area contributed by atoms with E-state index in [9.17, 15) is 4.79 Å². The van der Waals surface area contributed by atoms with Crippen molar-refractivity contribution in [3.05, 3.63) is 59.0 Å². The first-order chi connectivity index (χ1) is 10.3. The van der Waals surface area contributed by atoms with Gasteiger partial charge in [-0.1, -0.05) is 18.2 Å². The molecule has 0 amide bonds. The molecule has 0 saturated heterocycles. The fourth-order valence-corrected chi connectivity index (χ4v) is 2.44. The lowest BCUT2D eigenvalue weighted by molar-refractivity contribution is 0.621. The Balaban J connectivity index is 2.15. The number of oxazole rings is 1. The zero-order chi connectivity index (χ0) is 14.4. The maximum atomic E-state index is 12.4. The minimum absolute atomic E-state index is 0.184. The van der Waals surface area contributed by atoms with Crippen molar-refractivity contribution in [2.75, 3.05) is 0 Å². The summed E-state index contributed by atoms with van der Waals surface area (Å²) in [7, 11) is 1.71. The molecule has 0 fully saturated rings. The summed E-state index contributed by atoms with van der Waals surface area (Å²) in [5, 5.41) is 0. The normalized spacial score (nSPS) is 11.3. The molecule has 0 unspecified atom stereocenters. The Hall–Kier alpha value is -2.95. The third-order valence-electron chi connectivity index (χ3n) is 3.52. The number of hydrogen-bond acceptors (Lipinski definition) is 4. The van der Waals surface area contributed by atoms with E-state index in [1.54, 1.807) is 23.9 Å². The van der Waals surface area contributed by atoms with E-state index in [4.69, 9.17) is 4.42 Å². The number of aromatic nitrogens is 3. The molecule has 0 aliphatic rings. The minimum Gasteiger partial charge on any atom is -0.433 e. The number of benzene rings is 1. The Morgan fingerprint density at radius 2 is 1.86 bits per heavy atom. The lowest BCUT2D eigenvalue weighted by Gasteiger charge is -2.02. The van der Waals surface area contributed by atoms with Crippen LogP contribution in [0.3, 0.4) is 0 Å². The van der Waals surface area contributed by atoms with Crippen LogP contribution in [0, 0.1) is 0 Å². The molecule has 0 spiro atoms. The fourth-order valence-electron chi connectivity index (χ4n) is 2.44. The third-order valence-corrected chi connectivity index (χ3v) is 3.52. The van der Waals surface area contributed by atoms with E-state index in [0.29, 0.717) is 22.5 Å². The molecule has 5 nitrogen and oxygen atoms in total. The van der Waals surface area contributed by atoms with Crippen molar-refractivity contribution in [2.45, 2.75) is 0 Å². The first kappa shape index (κ1) is 11.8. The van der Waals surface area contributed by atoms with Crippen LogP contribution in [0.1, 0.15) is 0 Å². The standard InChI is InChI=1S/C16H11N3O2/c1-19-11-8-5-9-17-12(11)14-13(16(19)20)18-15(21-14)10-6-3-2-4-7-10/h2-9H,1H3. The summed E-state index contributed by atoms with van der Waals surface area (Å²) in [6.07, 6.45) is 1.68. The molecule has 3 aromatic heterocycles. The first-order valence-electron chi connectivity index (χ1n) is 6.55. The van der Waals surface area contributed by atoms with Gasteiger partial charge in [-0.2, -0.15) is 0 Å². The Bertz CT molecular complexity index is 1020. The second kappa shape index (κ2) is 4.28. The van der Waals surface area contributed by atoms with Crippen LogP contribution in [0.15, 0.2) is 57.9 Å². The highest BCUT2D eigenvalue weighted by Crippen LogP contribution is 2.26. The maximum absolute atomic E-state index is 12.4. The van der Waals surface area contributed by atoms with Gasteiger partial charge in [0.1, 0.15) is 5.52 Å². The molecule has 0 bridgehead atoms. The molecular weight excluding hydrogens is 266 g/mol. The predicted octanol–water partition coefficient (Wildman–Crippen LogP) is 2.74. The Labute approximate surface area is 119 Å². The van der Waals surface area contributed by atoms with Gasteiger partial charge < -0.3 is 8.98 Å². The Morgan fingerprint density at radius 1 is 1.05 bits per heavy atom. The largest absolute Gasteiger partial charge is 0.433 e. The number of fused-ring (bicyclic) bond motifs is 3. The number of aryl methyl sites for hydroxylation is 1. The number of pyridine rings is 2. The van der Waals surface area contributed by atoms with Gasteiger partial charge in [-0.15, -0.1) is 0 Å². The molecule has 0 N–H and O–H groups in total. The van der Waals surface area contributed by atoms with Crippen LogP contribution in [0.25, 0.3) is 33.6 Å². The molecule has 1 aromatic carbocycles. The van der Waals surface area contributed by atoms with Crippen molar-refractivity contribution in [3.63, 3.8) is 0 Å². The summed E-state index contributed by atoms with van der Waals surface area (Å²) in [6.45, 7) is 0. The smallest absolute Gasteiger partial charge is 0.280 e. The summed E-state index contributed by atoms with van der Waals surface area (Å²) in [5.41, 5.74) is 2.77. The van der Waals surface area contributed by atoms with Gasteiger partial charge in [0, 0.05) is 18.8 Å². The molecule has 4 rings (SSSR count). The van der Waals surface area contributed by atoms with Crippen LogP contribution >= 0.6 is 0 Å². The molecule has 5 heteroatoms. The van der Waals surface area contributed by atoms with Crippen LogP contribution in [-0.2, 0) is 7.05 Å². The average Bonchev–Trinajstić information content (AvgIpc) is 2.99. The second-order valence-corrected chi connectivity index (χ2v) is 4.80. The van der Waals surface area contributed by atoms with Crippen molar-refractivity contribution >= 4 is 22.1 Å². The molecule has 102 valence electrons. The second-order valence-electron chi connectivity index (χ2n) is 4.80. The monoisotopic (exact) mass is 277 g/mol. The van der Waals surface area contributed by atoms with Gasteiger partial charge in [-0.25, -0.2) is 4.98 Å². The van der Waals surface area contributed by atoms with Gasteiger partial charge in [0.05, 0.1) is 5.52 Å². The van der Waals surface area contributed by atoms with Crippen LogP contribution in [0.2, 0.25) is 0 Å². The van der Waals surface area contributed by atoms with E-state index < -0.39 is 0 Å². The lowest BCUT2D eigenvalue weighted by Crippen LogP contribution is -2.17. The Kier molecular flexibility index (Phi) is 2.41. The highest BCUT2D eigenvalue weighted by molar-refractivity contribution is 5.98. The van der Waals surface area contributed by atoms with Gasteiger partial charge in [-0.3, -0.25) is 9.78 Å². The van der Waals surface area contributed by atoms with Crippen LogP contribution < -0.4 is 5.56 Å². The van der Waals surface area contributed by atoms with Crippen molar-refractivity contribution in [3.8, 4) is 11.5 Å². The molecule has 3 heterocycles. The molecule has 4 aromatic rings. The van der Waals surface area contributed by atoms with E-state index in [-0.39, 0.29) is 5.56 Å². The van der Waals surface area contributed by atoms with Gasteiger partial charge in [-0.05, 0) is 24.3 Å². The summed E-state index contributed by atoms with van der Waals surface area (Å²) >= 11 is 0. The third kappa shape index (κ3) is 1.67. The SMILES string of the molecule is Cn1c(=O)c2nc(-c3ccccc3)oc2c2ncccc21. The Morgan fingerprint density at radius 3 is 2.67 bits per heavy atom. The van der Waals surface area contributed by atoms with E-state index in [0.717, 1.165) is 11.1 Å². The topological polar surface area (TPSA) is 60.9 Å². The number of hydrogen-bond donors (Lipinski definition) is 0. The number of nitrogens with zero attached hydrogens (tertiary/aromatic N) is 3. The zero-order valence-electron chi connectivity index (χ0n) is 11.3. The van der Waals surface area contributed by atoms with E-state index in [1.807, 2.05) is 36.4 Å². The number of rotatable bonds is 1. The average molecular weight is 277 g/mol. The van der Waals surface area contributed by atoms with Gasteiger partial charge in [0.2, 0.25) is 5.89 Å². The molecule has 0 radical (unpaired) electrons. The zero-order valence-corrected chi connectivity index (χ0v) is 11.3. The molecule has 0 saturated carbocycles. The summed E-state index contributed by atoms with van der Waals surface area (Å²) in [6, 6.07) is 13.1. The first-order valence-corrected chi connectivity index (χ1v) is 6.55.